The van der Waals surface area contributed by atoms with E-state index in [4.69, 9.17) is 10.4 Å². The lowest BCUT2D eigenvalue weighted by Crippen LogP contribution is -2.25. The molecule has 92 valence electrons. The fourth-order valence-electron chi connectivity index (χ4n) is 2.56. The van der Waals surface area contributed by atoms with Crippen LogP contribution in [0.3, 0.4) is 0 Å². The second-order valence-electron chi connectivity index (χ2n) is 4.50. The van der Waals surface area contributed by atoms with Gasteiger partial charge in [0, 0.05) is 11.5 Å². The minimum atomic E-state index is -0.916. The Morgan fingerprint density at radius 1 is 1.22 bits per heavy atom. The Labute approximate surface area is 105 Å². The molecule has 18 heavy (non-hydrogen) atoms. The Bertz CT molecular complexity index is 530. The van der Waals surface area contributed by atoms with E-state index in [2.05, 4.69) is 0 Å². The van der Waals surface area contributed by atoms with Gasteiger partial charge in [0.2, 0.25) is 0 Å². The predicted molar refractivity (Wildman–Crippen MR) is 64.0 cm³/mol. The van der Waals surface area contributed by atoms with Crippen LogP contribution in [-0.2, 0) is 4.79 Å². The van der Waals surface area contributed by atoms with Crippen molar-refractivity contribution in [2.45, 2.75) is 19.3 Å². The zero-order chi connectivity index (χ0) is 13.1. The Balaban J connectivity index is 2.32. The normalized spacial score (nSPS) is 22.4. The molecule has 0 aromatic heterocycles. The van der Waals surface area contributed by atoms with Crippen molar-refractivity contribution in [1.29, 1.82) is 5.26 Å². The van der Waals surface area contributed by atoms with E-state index in [9.17, 15) is 9.59 Å². The Morgan fingerprint density at radius 3 is 2.56 bits per heavy atom. The second-order valence-corrected chi connectivity index (χ2v) is 4.50. The maximum absolute atomic E-state index is 12.3. The molecule has 2 unspecified atom stereocenters. The highest BCUT2D eigenvalue weighted by molar-refractivity contribution is 6.02. The van der Waals surface area contributed by atoms with Crippen LogP contribution in [0.4, 0.5) is 0 Å². The number of carboxylic acids is 1. The van der Waals surface area contributed by atoms with Crippen molar-refractivity contribution in [2.75, 3.05) is 0 Å². The van der Waals surface area contributed by atoms with Gasteiger partial charge < -0.3 is 5.11 Å². The first kappa shape index (κ1) is 12.3. The third-order valence-electron chi connectivity index (χ3n) is 3.48. The number of rotatable bonds is 3. The average Bonchev–Trinajstić information content (AvgIpc) is 2.87. The molecular formula is C14H13NO3. The van der Waals surface area contributed by atoms with E-state index in [1.54, 1.807) is 24.3 Å². The van der Waals surface area contributed by atoms with Gasteiger partial charge >= 0.3 is 5.97 Å². The smallest absolute Gasteiger partial charge is 0.307 e. The van der Waals surface area contributed by atoms with Crippen LogP contribution in [0, 0.1) is 23.2 Å². The van der Waals surface area contributed by atoms with Crippen LogP contribution in [0.25, 0.3) is 0 Å². The summed E-state index contributed by atoms with van der Waals surface area (Å²) in [6.07, 6.45) is 1.89. The number of Topliss-reactive ketones (excluding diaryl/α,β-unsaturated/α-hetero) is 1. The summed E-state index contributed by atoms with van der Waals surface area (Å²) in [4.78, 5) is 23.4. The molecule has 0 spiro atoms. The lowest BCUT2D eigenvalue weighted by molar-refractivity contribution is -0.142. The fraction of sp³-hybridized carbons (Fsp3) is 0.357. The van der Waals surface area contributed by atoms with Gasteiger partial charge in [-0.15, -0.1) is 0 Å². The van der Waals surface area contributed by atoms with Crippen molar-refractivity contribution >= 4 is 11.8 Å². The minimum Gasteiger partial charge on any atom is -0.481 e. The molecule has 1 fully saturated rings. The van der Waals surface area contributed by atoms with Gasteiger partial charge in [0.05, 0.1) is 17.6 Å². The van der Waals surface area contributed by atoms with Crippen LogP contribution < -0.4 is 0 Å². The van der Waals surface area contributed by atoms with Crippen molar-refractivity contribution < 1.29 is 14.7 Å². The molecule has 2 atom stereocenters. The molecule has 0 amide bonds. The quantitative estimate of drug-likeness (QED) is 0.826. The first-order chi connectivity index (χ1) is 8.65. The molecule has 1 aliphatic carbocycles. The molecule has 0 saturated heterocycles. The highest BCUT2D eigenvalue weighted by atomic mass is 16.4. The molecule has 0 bridgehead atoms. The van der Waals surface area contributed by atoms with Crippen LogP contribution in [0.15, 0.2) is 24.3 Å². The fourth-order valence-corrected chi connectivity index (χ4v) is 2.56. The molecule has 0 radical (unpaired) electrons. The maximum atomic E-state index is 12.3. The zero-order valence-corrected chi connectivity index (χ0v) is 9.80. The van der Waals surface area contributed by atoms with Crippen molar-refractivity contribution in [3.63, 3.8) is 0 Å². The standard InChI is InChI=1S/C14H13NO3/c15-8-9-4-1-2-5-10(9)13(16)11-6-3-7-12(11)14(17)18/h1-2,4-5,11-12H,3,6-7H2,(H,17,18). The SMILES string of the molecule is N#Cc1ccccc1C(=O)C1CCCC1C(=O)O. The van der Waals surface area contributed by atoms with E-state index in [1.165, 1.54) is 0 Å². The van der Waals surface area contributed by atoms with Gasteiger partial charge in [0.25, 0.3) is 0 Å². The van der Waals surface area contributed by atoms with E-state index in [0.29, 0.717) is 24.0 Å². The largest absolute Gasteiger partial charge is 0.481 e. The molecular weight excluding hydrogens is 230 g/mol. The maximum Gasteiger partial charge on any atom is 0.307 e. The molecule has 1 aromatic rings. The number of hydrogen-bond donors (Lipinski definition) is 1. The van der Waals surface area contributed by atoms with Gasteiger partial charge in [-0.2, -0.15) is 5.26 Å². The van der Waals surface area contributed by atoms with E-state index >= 15 is 0 Å². The summed E-state index contributed by atoms with van der Waals surface area (Å²) in [5.74, 6) is -2.22. The highest BCUT2D eigenvalue weighted by Gasteiger charge is 2.38. The predicted octanol–water partition coefficient (Wildman–Crippen LogP) is 2.24. The molecule has 4 heteroatoms. The van der Waals surface area contributed by atoms with Gasteiger partial charge in [0.15, 0.2) is 5.78 Å². The molecule has 1 aromatic carbocycles. The third-order valence-corrected chi connectivity index (χ3v) is 3.48. The van der Waals surface area contributed by atoms with Gasteiger partial charge in [-0.25, -0.2) is 0 Å². The van der Waals surface area contributed by atoms with Crippen molar-refractivity contribution in [1.82, 2.24) is 0 Å². The number of benzene rings is 1. The van der Waals surface area contributed by atoms with E-state index in [1.807, 2.05) is 6.07 Å². The van der Waals surface area contributed by atoms with Crippen LogP contribution in [0.2, 0.25) is 0 Å². The lowest BCUT2D eigenvalue weighted by Gasteiger charge is -2.15. The summed E-state index contributed by atoms with van der Waals surface area (Å²) in [6.45, 7) is 0. The molecule has 0 aliphatic heterocycles. The van der Waals surface area contributed by atoms with Crippen LogP contribution >= 0.6 is 0 Å². The van der Waals surface area contributed by atoms with Gasteiger partial charge in [0.1, 0.15) is 0 Å². The number of nitriles is 1. The number of nitrogens with zero attached hydrogens (tertiary/aromatic N) is 1. The molecule has 0 heterocycles. The summed E-state index contributed by atoms with van der Waals surface area (Å²) < 4.78 is 0. The highest BCUT2D eigenvalue weighted by Crippen LogP contribution is 2.34. The Kier molecular flexibility index (Phi) is 3.42. The van der Waals surface area contributed by atoms with Crippen LogP contribution in [0.5, 0.6) is 0 Å². The Hall–Kier alpha value is -2.15. The number of carboxylic acid groups (broad SMARTS) is 1. The van der Waals surface area contributed by atoms with Crippen LogP contribution in [0.1, 0.15) is 35.2 Å². The third kappa shape index (κ3) is 2.12. The first-order valence-electron chi connectivity index (χ1n) is 5.91. The Morgan fingerprint density at radius 2 is 1.89 bits per heavy atom. The topological polar surface area (TPSA) is 78.2 Å². The second kappa shape index (κ2) is 5.01. The number of ketones is 1. The molecule has 1 N–H and O–H groups in total. The summed E-state index contributed by atoms with van der Waals surface area (Å²) in [5.41, 5.74) is 0.664. The summed E-state index contributed by atoms with van der Waals surface area (Å²) >= 11 is 0. The van der Waals surface area contributed by atoms with Gasteiger partial charge in [-0.1, -0.05) is 24.6 Å². The minimum absolute atomic E-state index is 0.211. The number of carbonyl (C=O) groups is 2. The average molecular weight is 243 g/mol. The first-order valence-corrected chi connectivity index (χ1v) is 5.91. The van der Waals surface area contributed by atoms with E-state index < -0.39 is 17.8 Å². The summed E-state index contributed by atoms with van der Waals surface area (Å²) in [6, 6.07) is 8.54. The van der Waals surface area contributed by atoms with Crippen molar-refractivity contribution in [3.8, 4) is 6.07 Å². The number of aliphatic carboxylic acids is 1. The number of hydrogen-bond acceptors (Lipinski definition) is 3. The molecule has 1 saturated carbocycles. The van der Waals surface area contributed by atoms with Gasteiger partial charge in [-0.3, -0.25) is 9.59 Å². The summed E-state index contributed by atoms with van der Waals surface area (Å²) in [5, 5.41) is 18.1. The van der Waals surface area contributed by atoms with Crippen LogP contribution in [-0.4, -0.2) is 16.9 Å². The van der Waals surface area contributed by atoms with Crippen molar-refractivity contribution in [3.05, 3.63) is 35.4 Å². The van der Waals surface area contributed by atoms with E-state index in [-0.39, 0.29) is 5.78 Å². The zero-order valence-electron chi connectivity index (χ0n) is 9.80. The van der Waals surface area contributed by atoms with E-state index in [0.717, 1.165) is 6.42 Å². The summed E-state index contributed by atoms with van der Waals surface area (Å²) in [7, 11) is 0. The molecule has 2 rings (SSSR count). The molecule has 4 nitrogen and oxygen atoms in total. The lowest BCUT2D eigenvalue weighted by atomic mass is 9.87. The number of carbonyl (C=O) groups excluding carboxylic acids is 1. The molecule has 1 aliphatic rings. The monoisotopic (exact) mass is 243 g/mol. The van der Waals surface area contributed by atoms with Gasteiger partial charge in [-0.05, 0) is 18.9 Å². The van der Waals surface area contributed by atoms with Crippen molar-refractivity contribution in [2.24, 2.45) is 11.8 Å².